The van der Waals surface area contributed by atoms with Crippen molar-refractivity contribution in [2.75, 3.05) is 19.7 Å². The molecule has 0 spiro atoms. The van der Waals surface area contributed by atoms with Crippen molar-refractivity contribution in [3.05, 3.63) is 83.0 Å². The highest BCUT2D eigenvalue weighted by Crippen LogP contribution is 2.27. The van der Waals surface area contributed by atoms with E-state index in [1.807, 2.05) is 48.5 Å². The molecule has 1 fully saturated rings. The van der Waals surface area contributed by atoms with Gasteiger partial charge in [-0.25, -0.2) is 0 Å². The van der Waals surface area contributed by atoms with Gasteiger partial charge in [-0.3, -0.25) is 14.4 Å². The molecule has 8 heteroatoms. The van der Waals surface area contributed by atoms with Crippen LogP contribution in [0.1, 0.15) is 22.3 Å². The van der Waals surface area contributed by atoms with Crippen LogP contribution in [0.2, 0.25) is 0 Å². The van der Waals surface area contributed by atoms with Gasteiger partial charge in [0.2, 0.25) is 5.91 Å². The first-order chi connectivity index (χ1) is 16.9. The molecule has 2 N–H and O–H groups in total. The minimum Gasteiger partial charge on any atom is -0.394 e. The Kier molecular flexibility index (Phi) is 7.83. The number of Topliss-reactive ketones (excluding diaryl/α,β-unsaturated/α-hetero) is 1. The molecule has 0 bridgehead atoms. The van der Waals surface area contributed by atoms with Crippen molar-refractivity contribution in [3.8, 4) is 0 Å². The lowest BCUT2D eigenvalue weighted by Crippen LogP contribution is -2.50. The lowest BCUT2D eigenvalue weighted by atomic mass is 9.94. The van der Waals surface area contributed by atoms with E-state index < -0.39 is 6.04 Å². The van der Waals surface area contributed by atoms with Crippen LogP contribution < -0.4 is 5.32 Å². The fourth-order valence-corrected chi connectivity index (χ4v) is 4.85. The van der Waals surface area contributed by atoms with E-state index in [0.717, 1.165) is 20.9 Å². The molecule has 1 unspecified atom stereocenters. The van der Waals surface area contributed by atoms with Crippen LogP contribution in [0.3, 0.4) is 0 Å². The van der Waals surface area contributed by atoms with E-state index in [-0.39, 0.29) is 36.7 Å². The van der Waals surface area contributed by atoms with Crippen molar-refractivity contribution < 1.29 is 19.5 Å². The molecule has 1 aliphatic heterocycles. The number of benzene rings is 2. The van der Waals surface area contributed by atoms with E-state index in [2.05, 4.69) is 27.8 Å². The van der Waals surface area contributed by atoms with Gasteiger partial charge in [-0.1, -0.05) is 52.8 Å². The highest BCUT2D eigenvalue weighted by Gasteiger charge is 2.31. The van der Waals surface area contributed by atoms with Gasteiger partial charge >= 0.3 is 0 Å². The van der Waals surface area contributed by atoms with Crippen molar-refractivity contribution in [1.82, 2.24) is 14.8 Å². The number of amides is 2. The Hall–Kier alpha value is -3.23. The summed E-state index contributed by atoms with van der Waals surface area (Å²) in [4.78, 5) is 39.3. The molecule has 2 aromatic carbocycles. The molecule has 1 aliphatic rings. The van der Waals surface area contributed by atoms with Gasteiger partial charge in [-0.05, 0) is 36.3 Å². The van der Waals surface area contributed by atoms with Gasteiger partial charge in [-0.2, -0.15) is 0 Å². The van der Waals surface area contributed by atoms with Gasteiger partial charge in [0, 0.05) is 47.0 Å². The topological polar surface area (TPSA) is 91.6 Å². The average molecular weight is 538 g/mol. The third-order valence-electron chi connectivity index (χ3n) is 6.27. The van der Waals surface area contributed by atoms with Gasteiger partial charge < -0.3 is 19.9 Å². The molecule has 7 nitrogen and oxygen atoms in total. The summed E-state index contributed by atoms with van der Waals surface area (Å²) in [5, 5.41) is 13.5. The van der Waals surface area contributed by atoms with Crippen LogP contribution in [0.15, 0.2) is 71.9 Å². The van der Waals surface area contributed by atoms with E-state index in [4.69, 9.17) is 0 Å². The Morgan fingerprint density at radius 1 is 1.17 bits per heavy atom. The number of likely N-dealkylation sites (tertiary alicyclic amines) is 1. The fraction of sp³-hybridized carbons (Fsp3) is 0.296. The fourth-order valence-electron chi connectivity index (χ4n) is 4.49. The molecular formula is C27H28BrN3O4. The van der Waals surface area contributed by atoms with Gasteiger partial charge in [0.25, 0.3) is 5.91 Å². The number of hydrogen-bond acceptors (Lipinski definition) is 4. The minimum absolute atomic E-state index is 0.0461. The molecule has 35 heavy (non-hydrogen) atoms. The molecule has 4 rings (SSSR count). The van der Waals surface area contributed by atoms with Gasteiger partial charge in [0.05, 0.1) is 24.8 Å². The number of nitrogens with one attached hydrogen (secondary N) is 1. The van der Waals surface area contributed by atoms with Gasteiger partial charge in [0.1, 0.15) is 0 Å². The van der Waals surface area contributed by atoms with Crippen molar-refractivity contribution in [2.45, 2.75) is 25.4 Å². The number of aliphatic hydroxyl groups excluding tert-OH is 1. The Morgan fingerprint density at radius 2 is 1.91 bits per heavy atom. The number of carbonyl (C=O) groups excluding carboxylic acids is 3. The number of ketones is 1. The number of aromatic nitrogens is 1. The molecule has 1 aromatic heterocycles. The summed E-state index contributed by atoms with van der Waals surface area (Å²) < 4.78 is 2.63. The summed E-state index contributed by atoms with van der Waals surface area (Å²) in [6.07, 6.45) is 3.88. The molecule has 0 radical (unpaired) electrons. The summed E-state index contributed by atoms with van der Waals surface area (Å²) in [6, 6.07) is 14.9. The Bertz CT molecular complexity index is 1250. The number of aliphatic hydroxyl groups is 1. The number of fused-ring (bicyclic) bond motifs is 1. The largest absolute Gasteiger partial charge is 0.394 e. The molecule has 0 saturated carbocycles. The zero-order chi connectivity index (χ0) is 24.9. The first-order valence-electron chi connectivity index (χ1n) is 11.5. The number of rotatable bonds is 10. The summed E-state index contributed by atoms with van der Waals surface area (Å²) >= 11 is 3.47. The highest BCUT2D eigenvalue weighted by molar-refractivity contribution is 9.10. The standard InChI is InChI=1S/C27H28BrN3O4/c1-2-26(34)31-13-19(14-31)11-22(33)15-30-16-24(23-12-20(28)8-9-25(23)30)27(35)29-21(17-32)10-18-6-4-3-5-7-18/h2-9,12,16,19,21,32H,1,10-11,13-15,17H2,(H,29,35). The van der Waals surface area contributed by atoms with Crippen molar-refractivity contribution in [3.63, 3.8) is 0 Å². The van der Waals surface area contributed by atoms with Gasteiger partial charge in [-0.15, -0.1) is 0 Å². The summed E-state index contributed by atoms with van der Waals surface area (Å²) in [5.74, 6) is -0.218. The first kappa shape index (κ1) is 24.9. The summed E-state index contributed by atoms with van der Waals surface area (Å²) in [5.41, 5.74) is 2.26. The molecule has 2 heterocycles. The Balaban J connectivity index is 1.47. The van der Waals surface area contributed by atoms with Crippen LogP contribution >= 0.6 is 15.9 Å². The zero-order valence-corrected chi connectivity index (χ0v) is 20.9. The molecule has 182 valence electrons. The molecule has 0 aliphatic carbocycles. The number of hydrogen-bond donors (Lipinski definition) is 2. The highest BCUT2D eigenvalue weighted by atomic mass is 79.9. The summed E-state index contributed by atoms with van der Waals surface area (Å²) in [7, 11) is 0. The Labute approximate surface area is 212 Å². The maximum atomic E-state index is 13.2. The van der Waals surface area contributed by atoms with Crippen molar-refractivity contribution >= 4 is 44.4 Å². The van der Waals surface area contributed by atoms with Crippen LogP contribution in [-0.2, 0) is 22.6 Å². The first-order valence-corrected chi connectivity index (χ1v) is 12.3. The SMILES string of the molecule is C=CC(=O)N1CC(CC(=O)Cn2cc(C(=O)NC(CO)Cc3ccccc3)c3cc(Br)ccc32)C1. The second-order valence-electron chi connectivity index (χ2n) is 8.93. The van der Waals surface area contributed by atoms with Crippen molar-refractivity contribution in [1.29, 1.82) is 0 Å². The predicted octanol–water partition coefficient (Wildman–Crippen LogP) is 3.34. The van der Waals surface area contributed by atoms with E-state index in [1.165, 1.54) is 6.08 Å². The molecule has 2 amide bonds. The average Bonchev–Trinajstić information content (AvgIpc) is 3.18. The monoisotopic (exact) mass is 537 g/mol. The molecule has 1 atom stereocenters. The maximum absolute atomic E-state index is 13.2. The van der Waals surface area contributed by atoms with E-state index >= 15 is 0 Å². The van der Waals surface area contributed by atoms with Crippen molar-refractivity contribution in [2.24, 2.45) is 5.92 Å². The van der Waals surface area contributed by atoms with E-state index in [9.17, 15) is 19.5 Å². The second-order valence-corrected chi connectivity index (χ2v) is 9.85. The van der Waals surface area contributed by atoms with Crippen LogP contribution in [0.25, 0.3) is 10.9 Å². The number of halogens is 1. The maximum Gasteiger partial charge on any atom is 0.253 e. The van der Waals surface area contributed by atoms with Crippen LogP contribution in [0, 0.1) is 5.92 Å². The zero-order valence-electron chi connectivity index (χ0n) is 19.3. The molecular weight excluding hydrogens is 510 g/mol. The molecule has 3 aromatic rings. The summed E-state index contributed by atoms with van der Waals surface area (Å²) in [6.45, 7) is 4.57. The normalized spacial score (nSPS) is 14.4. The second kappa shape index (κ2) is 11.0. The lowest BCUT2D eigenvalue weighted by Gasteiger charge is -2.38. The number of nitrogens with zero attached hydrogens (tertiary/aromatic N) is 2. The Morgan fingerprint density at radius 3 is 2.60 bits per heavy atom. The predicted molar refractivity (Wildman–Crippen MR) is 138 cm³/mol. The lowest BCUT2D eigenvalue weighted by molar-refractivity contribution is -0.134. The van der Waals surface area contributed by atoms with E-state index in [0.29, 0.717) is 31.5 Å². The quantitative estimate of drug-likeness (QED) is 0.388. The van der Waals surface area contributed by atoms with Crippen LogP contribution in [0.5, 0.6) is 0 Å². The van der Waals surface area contributed by atoms with Gasteiger partial charge in [0.15, 0.2) is 5.78 Å². The molecule has 1 saturated heterocycles. The smallest absolute Gasteiger partial charge is 0.253 e. The number of carbonyl (C=O) groups is 3. The third kappa shape index (κ3) is 5.89. The van der Waals surface area contributed by atoms with E-state index in [1.54, 1.807) is 15.7 Å². The third-order valence-corrected chi connectivity index (χ3v) is 6.77. The van der Waals surface area contributed by atoms with Crippen LogP contribution in [0.4, 0.5) is 0 Å². The van der Waals surface area contributed by atoms with Crippen LogP contribution in [-0.4, -0.2) is 57.9 Å². The minimum atomic E-state index is -0.433.